The van der Waals surface area contributed by atoms with Crippen molar-refractivity contribution in [3.05, 3.63) is 99.0 Å². The van der Waals surface area contributed by atoms with Gasteiger partial charge >= 0.3 is 0 Å². The quantitative estimate of drug-likeness (QED) is 0.152. The Kier molecular flexibility index (Phi) is 8.07. The number of hydrogen-bond donors (Lipinski definition) is 1. The van der Waals surface area contributed by atoms with Crippen LogP contribution in [0.1, 0.15) is 38.8 Å². The summed E-state index contributed by atoms with van der Waals surface area (Å²) in [4.78, 5) is 33.8. The minimum atomic E-state index is -0.448. The molecule has 1 amide bonds. The van der Waals surface area contributed by atoms with E-state index < -0.39 is 5.25 Å². The van der Waals surface area contributed by atoms with Crippen molar-refractivity contribution in [2.45, 2.75) is 56.5 Å². The summed E-state index contributed by atoms with van der Waals surface area (Å²) in [6, 6.07) is 22.1. The first-order valence-corrected chi connectivity index (χ1v) is 15.5. The Balaban J connectivity index is 1.43. The summed E-state index contributed by atoms with van der Waals surface area (Å²) in [5.41, 5.74) is 4.02. The molecule has 0 saturated heterocycles. The normalized spacial score (nSPS) is 12.5. The lowest BCUT2D eigenvalue weighted by molar-refractivity contribution is -0.115. The molecule has 1 unspecified atom stereocenters. The average Bonchev–Trinajstić information content (AvgIpc) is 3.59. The molecule has 8 heteroatoms. The SMILES string of the molecule is CC(Sc1nc2scc(-c3cccs3)c2c(=O)n1CCc1ccccc1)C(=O)Nc1ccc(C(C)(C)C)cc1. The van der Waals surface area contributed by atoms with Crippen molar-refractivity contribution < 1.29 is 4.79 Å². The summed E-state index contributed by atoms with van der Waals surface area (Å²) >= 11 is 4.41. The standard InChI is InChI=1S/C31H31N3O2S3/c1-20(27(35)32-23-14-12-22(13-15-23)31(2,3)4)39-30-33-28-26(24(19-38-28)25-11-8-18-37-25)29(36)34(30)17-16-21-9-6-5-7-10-21/h5-15,18-20H,16-17H2,1-4H3,(H,32,35). The number of hydrogen-bond acceptors (Lipinski definition) is 6. The van der Waals surface area contributed by atoms with E-state index in [1.54, 1.807) is 15.9 Å². The Morgan fingerprint density at radius 2 is 1.77 bits per heavy atom. The predicted molar refractivity (Wildman–Crippen MR) is 166 cm³/mol. The fraction of sp³-hybridized carbons (Fsp3) is 0.258. The summed E-state index contributed by atoms with van der Waals surface area (Å²) in [6.07, 6.45) is 0.695. The minimum Gasteiger partial charge on any atom is -0.325 e. The molecule has 0 radical (unpaired) electrons. The van der Waals surface area contributed by atoms with Gasteiger partial charge in [-0.3, -0.25) is 14.2 Å². The second-order valence-corrected chi connectivity index (χ2v) is 13.6. The topological polar surface area (TPSA) is 64.0 Å². The molecule has 0 aliphatic carbocycles. The highest BCUT2D eigenvalue weighted by Crippen LogP contribution is 2.35. The van der Waals surface area contributed by atoms with Gasteiger partial charge in [-0.15, -0.1) is 22.7 Å². The van der Waals surface area contributed by atoms with Crippen LogP contribution in [0.3, 0.4) is 0 Å². The number of thiophene rings is 2. The maximum Gasteiger partial charge on any atom is 0.263 e. The molecule has 39 heavy (non-hydrogen) atoms. The zero-order valence-corrected chi connectivity index (χ0v) is 24.9. The van der Waals surface area contributed by atoms with Gasteiger partial charge in [0.2, 0.25) is 5.91 Å². The van der Waals surface area contributed by atoms with E-state index in [-0.39, 0.29) is 16.9 Å². The van der Waals surface area contributed by atoms with Crippen LogP contribution in [-0.2, 0) is 23.2 Å². The highest BCUT2D eigenvalue weighted by Gasteiger charge is 2.22. The second-order valence-electron chi connectivity index (χ2n) is 10.5. The number of aromatic nitrogens is 2. The van der Waals surface area contributed by atoms with E-state index in [1.807, 2.05) is 72.3 Å². The van der Waals surface area contributed by atoms with Crippen LogP contribution in [-0.4, -0.2) is 20.7 Å². The zero-order chi connectivity index (χ0) is 27.6. The molecule has 0 fully saturated rings. The summed E-state index contributed by atoms with van der Waals surface area (Å²) < 4.78 is 1.74. The van der Waals surface area contributed by atoms with Crippen LogP contribution in [0.4, 0.5) is 5.69 Å². The number of carbonyl (C=O) groups is 1. The molecule has 2 aromatic carbocycles. The molecular formula is C31H31N3O2S3. The number of anilines is 1. The van der Waals surface area contributed by atoms with Crippen LogP contribution in [0, 0.1) is 0 Å². The largest absolute Gasteiger partial charge is 0.325 e. The van der Waals surface area contributed by atoms with Gasteiger partial charge in [-0.05, 0) is 53.5 Å². The third kappa shape index (κ3) is 6.19. The lowest BCUT2D eigenvalue weighted by Crippen LogP contribution is -2.27. The minimum absolute atomic E-state index is 0.0462. The monoisotopic (exact) mass is 573 g/mol. The van der Waals surface area contributed by atoms with E-state index >= 15 is 0 Å². The molecular weight excluding hydrogens is 543 g/mol. The van der Waals surface area contributed by atoms with Crippen LogP contribution in [0.25, 0.3) is 20.7 Å². The van der Waals surface area contributed by atoms with E-state index in [0.717, 1.165) is 21.7 Å². The van der Waals surface area contributed by atoms with Gasteiger partial charge in [-0.1, -0.05) is 81.1 Å². The zero-order valence-electron chi connectivity index (χ0n) is 22.4. The maximum absolute atomic E-state index is 13.9. The molecule has 0 bridgehead atoms. The van der Waals surface area contributed by atoms with E-state index in [0.29, 0.717) is 28.3 Å². The Hall–Kier alpha value is -3.20. The first-order chi connectivity index (χ1) is 18.7. The van der Waals surface area contributed by atoms with Crippen molar-refractivity contribution in [3.63, 3.8) is 0 Å². The molecule has 5 aromatic rings. The fourth-order valence-electron chi connectivity index (χ4n) is 4.30. The van der Waals surface area contributed by atoms with Gasteiger partial charge in [-0.25, -0.2) is 4.98 Å². The molecule has 5 nitrogen and oxygen atoms in total. The third-order valence-corrected chi connectivity index (χ3v) is 9.45. The van der Waals surface area contributed by atoms with Crippen LogP contribution in [0.5, 0.6) is 0 Å². The number of rotatable bonds is 8. The van der Waals surface area contributed by atoms with Crippen LogP contribution in [0.2, 0.25) is 0 Å². The summed E-state index contributed by atoms with van der Waals surface area (Å²) in [5.74, 6) is -0.127. The molecule has 0 aliphatic rings. The Labute approximate surface area is 240 Å². The summed E-state index contributed by atoms with van der Waals surface area (Å²) in [5, 5.41) is 7.81. The Morgan fingerprint density at radius 3 is 2.44 bits per heavy atom. The highest BCUT2D eigenvalue weighted by molar-refractivity contribution is 8.00. The van der Waals surface area contributed by atoms with E-state index in [4.69, 9.17) is 4.98 Å². The van der Waals surface area contributed by atoms with Gasteiger partial charge in [-0.2, -0.15) is 0 Å². The number of fused-ring (bicyclic) bond motifs is 1. The Bertz CT molecular complexity index is 1630. The van der Waals surface area contributed by atoms with Gasteiger partial charge in [0.25, 0.3) is 5.56 Å². The second kappa shape index (κ2) is 11.5. The number of aryl methyl sites for hydroxylation is 1. The lowest BCUT2D eigenvalue weighted by atomic mass is 9.87. The van der Waals surface area contributed by atoms with E-state index in [9.17, 15) is 9.59 Å². The van der Waals surface area contributed by atoms with Gasteiger partial charge in [0.1, 0.15) is 4.83 Å². The molecule has 200 valence electrons. The van der Waals surface area contributed by atoms with Crippen molar-refractivity contribution in [1.82, 2.24) is 9.55 Å². The molecule has 3 heterocycles. The number of benzene rings is 2. The van der Waals surface area contributed by atoms with Crippen molar-refractivity contribution in [3.8, 4) is 10.4 Å². The highest BCUT2D eigenvalue weighted by atomic mass is 32.2. The number of thioether (sulfide) groups is 1. The summed E-state index contributed by atoms with van der Waals surface area (Å²) in [7, 11) is 0. The third-order valence-electron chi connectivity index (χ3n) is 6.58. The predicted octanol–water partition coefficient (Wildman–Crippen LogP) is 7.85. The molecule has 3 aromatic heterocycles. The molecule has 5 rings (SSSR count). The van der Waals surface area contributed by atoms with Gasteiger partial charge in [0.15, 0.2) is 5.16 Å². The molecule has 0 aliphatic heterocycles. The van der Waals surface area contributed by atoms with Crippen molar-refractivity contribution in [2.75, 3.05) is 5.32 Å². The average molecular weight is 574 g/mol. The fourth-order valence-corrected chi connectivity index (χ4v) is 7.04. The molecule has 1 atom stereocenters. The van der Waals surface area contributed by atoms with Crippen molar-refractivity contribution in [2.24, 2.45) is 0 Å². The van der Waals surface area contributed by atoms with Crippen molar-refractivity contribution >= 4 is 56.2 Å². The van der Waals surface area contributed by atoms with Gasteiger partial charge in [0, 0.05) is 28.1 Å². The first-order valence-electron chi connectivity index (χ1n) is 12.9. The first kappa shape index (κ1) is 27.4. The van der Waals surface area contributed by atoms with E-state index in [2.05, 4.69) is 38.2 Å². The molecule has 1 N–H and O–H groups in total. The van der Waals surface area contributed by atoms with Crippen LogP contribution < -0.4 is 10.9 Å². The van der Waals surface area contributed by atoms with Crippen LogP contribution in [0.15, 0.2) is 87.4 Å². The molecule has 0 spiro atoms. The Morgan fingerprint density at radius 1 is 1.03 bits per heavy atom. The number of nitrogens with one attached hydrogen (secondary N) is 1. The van der Waals surface area contributed by atoms with Gasteiger partial charge in [0.05, 0.1) is 10.6 Å². The number of carbonyl (C=O) groups excluding carboxylic acids is 1. The summed E-state index contributed by atoms with van der Waals surface area (Å²) in [6.45, 7) is 8.83. The maximum atomic E-state index is 13.9. The smallest absolute Gasteiger partial charge is 0.263 e. The van der Waals surface area contributed by atoms with Crippen molar-refractivity contribution in [1.29, 1.82) is 0 Å². The van der Waals surface area contributed by atoms with Gasteiger partial charge < -0.3 is 5.32 Å². The number of nitrogens with zero attached hydrogens (tertiary/aromatic N) is 2. The van der Waals surface area contributed by atoms with E-state index in [1.165, 1.54) is 28.7 Å². The lowest BCUT2D eigenvalue weighted by Gasteiger charge is -2.19. The number of amides is 1. The molecule has 0 saturated carbocycles. The van der Waals surface area contributed by atoms with Crippen LogP contribution >= 0.6 is 34.4 Å².